The molecule has 1 atom stereocenters. The first-order chi connectivity index (χ1) is 15.2. The van der Waals surface area contributed by atoms with Gasteiger partial charge in [0, 0.05) is 30.6 Å². The van der Waals surface area contributed by atoms with E-state index in [9.17, 15) is 9.90 Å². The van der Waals surface area contributed by atoms with Crippen molar-refractivity contribution >= 4 is 28.0 Å². The molecule has 0 radical (unpaired) electrons. The van der Waals surface area contributed by atoms with E-state index < -0.39 is 0 Å². The van der Waals surface area contributed by atoms with E-state index in [0.717, 1.165) is 66.4 Å². The number of H-pyrrole nitrogens is 1. The number of aliphatic hydroxyl groups is 1. The molecule has 0 aromatic carbocycles. The zero-order chi connectivity index (χ0) is 21.4. The average Bonchev–Trinajstić information content (AvgIpc) is 3.51. The van der Waals surface area contributed by atoms with Crippen LogP contribution >= 0.6 is 0 Å². The summed E-state index contributed by atoms with van der Waals surface area (Å²) < 4.78 is 2.28. The van der Waals surface area contributed by atoms with Gasteiger partial charge in [-0.3, -0.25) is 4.79 Å². The minimum absolute atomic E-state index is 0.0129. The fraction of sp³-hybridized carbons (Fsp3) is 0.565. The topological polar surface area (TPSA) is 111 Å². The molecule has 162 valence electrons. The standard InChI is InChI=1S/C23H28N6O2/c24-9-7-15-3-5-16(6-4-15)29-20(12-21(31)28-11-1-2-17(28)14-30)27-19-13-26-23-18(22(19)29)8-10-25-23/h8,10,13,15-17,30H,1-7,11-12,14H2,(H,25,26)/t15-,16-,17-/m1/s1. The van der Waals surface area contributed by atoms with Crippen LogP contribution < -0.4 is 0 Å². The van der Waals surface area contributed by atoms with Crippen molar-refractivity contribution in [2.24, 2.45) is 5.92 Å². The highest BCUT2D eigenvalue weighted by molar-refractivity contribution is 6.01. The van der Waals surface area contributed by atoms with Gasteiger partial charge in [0.1, 0.15) is 17.0 Å². The summed E-state index contributed by atoms with van der Waals surface area (Å²) >= 11 is 0. The van der Waals surface area contributed by atoms with Crippen LogP contribution in [0.25, 0.3) is 22.1 Å². The minimum atomic E-state index is -0.0789. The molecule has 1 saturated heterocycles. The third-order valence-electron chi connectivity index (χ3n) is 7.09. The number of nitrogens with one attached hydrogen (secondary N) is 1. The molecule has 1 amide bonds. The number of likely N-dealkylation sites (tertiary alicyclic amines) is 1. The van der Waals surface area contributed by atoms with Crippen LogP contribution in [0.2, 0.25) is 0 Å². The van der Waals surface area contributed by atoms with E-state index in [4.69, 9.17) is 10.2 Å². The Labute approximate surface area is 180 Å². The predicted octanol–water partition coefficient (Wildman–Crippen LogP) is 3.08. The Balaban J connectivity index is 1.52. The van der Waals surface area contributed by atoms with Gasteiger partial charge in [0.05, 0.1) is 36.9 Å². The first-order valence-corrected chi connectivity index (χ1v) is 11.3. The number of nitrogens with zero attached hydrogens (tertiary/aromatic N) is 5. The second kappa shape index (κ2) is 8.31. The Kier molecular flexibility index (Phi) is 5.36. The number of hydrogen-bond donors (Lipinski definition) is 2. The molecule has 5 rings (SSSR count). The third-order valence-corrected chi connectivity index (χ3v) is 7.09. The molecule has 1 aliphatic heterocycles. The molecular weight excluding hydrogens is 392 g/mol. The zero-order valence-electron chi connectivity index (χ0n) is 17.6. The van der Waals surface area contributed by atoms with Gasteiger partial charge in [-0.1, -0.05) is 0 Å². The van der Waals surface area contributed by atoms with Gasteiger partial charge in [-0.2, -0.15) is 5.26 Å². The van der Waals surface area contributed by atoms with Gasteiger partial charge in [0.15, 0.2) is 0 Å². The molecule has 0 spiro atoms. The van der Waals surface area contributed by atoms with Crippen molar-refractivity contribution in [3.63, 3.8) is 0 Å². The lowest BCUT2D eigenvalue weighted by Crippen LogP contribution is -2.39. The van der Waals surface area contributed by atoms with Crippen LogP contribution in [0, 0.1) is 17.2 Å². The maximum absolute atomic E-state index is 13.2. The Morgan fingerprint density at radius 2 is 2.13 bits per heavy atom. The first kappa shape index (κ1) is 20.0. The second-order valence-corrected chi connectivity index (χ2v) is 8.91. The van der Waals surface area contributed by atoms with Crippen molar-refractivity contribution < 1.29 is 9.90 Å². The van der Waals surface area contributed by atoms with Gasteiger partial charge >= 0.3 is 0 Å². The zero-order valence-corrected chi connectivity index (χ0v) is 17.6. The lowest BCUT2D eigenvalue weighted by atomic mass is 9.84. The Morgan fingerprint density at radius 3 is 2.90 bits per heavy atom. The van der Waals surface area contributed by atoms with E-state index in [1.54, 1.807) is 6.20 Å². The fourth-order valence-electron chi connectivity index (χ4n) is 5.49. The molecule has 31 heavy (non-hydrogen) atoms. The van der Waals surface area contributed by atoms with Crippen LogP contribution in [-0.2, 0) is 11.2 Å². The van der Waals surface area contributed by atoms with Crippen LogP contribution in [0.15, 0.2) is 18.5 Å². The van der Waals surface area contributed by atoms with E-state index in [1.807, 2.05) is 17.2 Å². The lowest BCUT2D eigenvalue weighted by Gasteiger charge is -2.30. The van der Waals surface area contributed by atoms with Crippen molar-refractivity contribution in [2.45, 2.75) is 63.5 Å². The number of nitriles is 1. The molecular formula is C23H28N6O2. The van der Waals surface area contributed by atoms with Gasteiger partial charge in [0.25, 0.3) is 0 Å². The van der Waals surface area contributed by atoms with Crippen LogP contribution in [0.3, 0.4) is 0 Å². The van der Waals surface area contributed by atoms with Crippen LogP contribution in [-0.4, -0.2) is 54.6 Å². The quantitative estimate of drug-likeness (QED) is 0.659. The summed E-state index contributed by atoms with van der Waals surface area (Å²) in [6.07, 6.45) is 10.3. The third kappa shape index (κ3) is 3.57. The maximum Gasteiger partial charge on any atom is 0.230 e. The summed E-state index contributed by atoms with van der Waals surface area (Å²) in [7, 11) is 0. The number of carbonyl (C=O) groups is 1. The van der Waals surface area contributed by atoms with Crippen molar-refractivity contribution in [1.82, 2.24) is 24.4 Å². The average molecular weight is 421 g/mol. The fourth-order valence-corrected chi connectivity index (χ4v) is 5.49. The SMILES string of the molecule is N#CC[C@H]1CC[C@H](n2c(CC(=O)N3CCC[C@@H]3CO)nc3cnc4[nH]ccc4c32)CC1. The van der Waals surface area contributed by atoms with E-state index in [2.05, 4.69) is 20.6 Å². The van der Waals surface area contributed by atoms with Gasteiger partial charge < -0.3 is 19.6 Å². The summed E-state index contributed by atoms with van der Waals surface area (Å²) in [5.74, 6) is 1.28. The summed E-state index contributed by atoms with van der Waals surface area (Å²) in [5.41, 5.74) is 2.68. The molecule has 2 aliphatic rings. The molecule has 2 N–H and O–H groups in total. The Bertz CT molecular complexity index is 1130. The maximum atomic E-state index is 13.2. The van der Waals surface area contributed by atoms with E-state index in [-0.39, 0.29) is 31.0 Å². The van der Waals surface area contributed by atoms with Crippen LogP contribution in [0.4, 0.5) is 0 Å². The van der Waals surface area contributed by atoms with Gasteiger partial charge in [0.2, 0.25) is 5.91 Å². The highest BCUT2D eigenvalue weighted by atomic mass is 16.3. The van der Waals surface area contributed by atoms with Crippen molar-refractivity contribution in [1.29, 1.82) is 5.26 Å². The number of hydrogen-bond acceptors (Lipinski definition) is 5. The van der Waals surface area contributed by atoms with Crippen molar-refractivity contribution in [3.8, 4) is 6.07 Å². The largest absolute Gasteiger partial charge is 0.394 e. The number of carbonyl (C=O) groups excluding carboxylic acids is 1. The molecule has 1 aliphatic carbocycles. The highest BCUT2D eigenvalue weighted by Gasteiger charge is 2.31. The monoisotopic (exact) mass is 420 g/mol. The van der Waals surface area contributed by atoms with Crippen molar-refractivity contribution in [3.05, 3.63) is 24.3 Å². The number of pyridine rings is 1. The summed E-state index contributed by atoms with van der Waals surface area (Å²) in [4.78, 5) is 27.5. The van der Waals surface area contributed by atoms with Crippen LogP contribution in [0.5, 0.6) is 0 Å². The van der Waals surface area contributed by atoms with Gasteiger partial charge in [-0.05, 0) is 50.5 Å². The molecule has 4 heterocycles. The number of imidazole rings is 1. The summed E-state index contributed by atoms with van der Waals surface area (Å²) in [5, 5.41) is 19.7. The molecule has 3 aromatic heterocycles. The summed E-state index contributed by atoms with van der Waals surface area (Å²) in [6.45, 7) is 0.714. The molecule has 1 saturated carbocycles. The lowest BCUT2D eigenvalue weighted by molar-refractivity contribution is -0.132. The normalized spacial score (nSPS) is 24.1. The van der Waals surface area contributed by atoms with E-state index in [0.29, 0.717) is 18.9 Å². The number of aliphatic hydroxyl groups excluding tert-OH is 1. The van der Waals surface area contributed by atoms with Gasteiger partial charge in [-0.25, -0.2) is 9.97 Å². The highest BCUT2D eigenvalue weighted by Crippen LogP contribution is 2.38. The van der Waals surface area contributed by atoms with E-state index in [1.165, 1.54) is 0 Å². The molecule has 0 unspecified atom stereocenters. The molecule has 8 heteroatoms. The summed E-state index contributed by atoms with van der Waals surface area (Å²) in [6, 6.07) is 4.52. The number of aromatic amines is 1. The van der Waals surface area contributed by atoms with Gasteiger partial charge in [-0.15, -0.1) is 0 Å². The van der Waals surface area contributed by atoms with Crippen molar-refractivity contribution in [2.75, 3.05) is 13.2 Å². The minimum Gasteiger partial charge on any atom is -0.394 e. The molecule has 2 fully saturated rings. The number of fused-ring (bicyclic) bond motifs is 3. The first-order valence-electron chi connectivity index (χ1n) is 11.3. The number of rotatable bonds is 5. The number of aromatic nitrogens is 4. The molecule has 0 bridgehead atoms. The molecule has 8 nitrogen and oxygen atoms in total. The van der Waals surface area contributed by atoms with Crippen LogP contribution in [0.1, 0.15) is 56.8 Å². The van der Waals surface area contributed by atoms with E-state index >= 15 is 0 Å². The second-order valence-electron chi connectivity index (χ2n) is 8.91. The smallest absolute Gasteiger partial charge is 0.230 e. The Morgan fingerprint density at radius 1 is 1.29 bits per heavy atom. The number of amides is 1. The predicted molar refractivity (Wildman–Crippen MR) is 116 cm³/mol. The molecule has 3 aromatic rings. The Hall–Kier alpha value is -2.92.